The number of ether oxygens (including phenoxy) is 2. The Labute approximate surface area is 154 Å². The third kappa shape index (κ3) is 6.54. The van der Waals surface area contributed by atoms with Gasteiger partial charge in [-0.2, -0.15) is 0 Å². The van der Waals surface area contributed by atoms with Crippen molar-refractivity contribution in [3.63, 3.8) is 0 Å². The summed E-state index contributed by atoms with van der Waals surface area (Å²) < 4.78 is 10.3. The van der Waals surface area contributed by atoms with Crippen molar-refractivity contribution in [2.24, 2.45) is 4.99 Å². The van der Waals surface area contributed by atoms with Gasteiger partial charge in [0, 0.05) is 11.8 Å². The molecule has 0 saturated heterocycles. The molecule has 0 aliphatic heterocycles. The number of aromatic hydroxyl groups is 1. The first-order chi connectivity index (χ1) is 11.0. The van der Waals surface area contributed by atoms with E-state index >= 15 is 0 Å². The van der Waals surface area contributed by atoms with Gasteiger partial charge in [-0.05, 0) is 48.9 Å². The molecule has 23 heavy (non-hydrogen) atoms. The average molecular weight is 433 g/mol. The molecular weight excluding hydrogens is 416 g/mol. The molecule has 0 unspecified atom stereocenters. The van der Waals surface area contributed by atoms with Crippen molar-refractivity contribution in [3.8, 4) is 17.2 Å². The van der Waals surface area contributed by atoms with E-state index in [1.54, 1.807) is 32.6 Å². The Hall–Kier alpha value is -1.03. The number of halogens is 2. The summed E-state index contributed by atoms with van der Waals surface area (Å²) >= 11 is -0.826. The Morgan fingerprint density at radius 3 is 2.13 bits per heavy atom. The Kier molecular flexibility index (Phi) is 9.31. The van der Waals surface area contributed by atoms with Gasteiger partial charge in [0.05, 0.1) is 19.9 Å². The zero-order chi connectivity index (χ0) is 17.2. The van der Waals surface area contributed by atoms with Gasteiger partial charge in [-0.15, -0.1) is 0 Å². The number of aryl methyl sites for hydroxylation is 1. The molecule has 122 valence electrons. The number of hydrogen-bond donors (Lipinski definition) is 1. The Balaban J connectivity index is 0.000000816. The first-order valence-electron chi connectivity index (χ1n) is 6.57. The first-order valence-corrected chi connectivity index (χ1v) is 12.9. The zero-order valence-corrected chi connectivity index (χ0v) is 17.0. The number of rotatable bonds is 4. The number of nitrogens with zero attached hydrogens (tertiary/aromatic N) is 1. The maximum absolute atomic E-state index is 10.0. The number of methoxy groups -OCH3 is 2. The third-order valence-corrected chi connectivity index (χ3v) is 2.96. The van der Waals surface area contributed by atoms with E-state index in [0.29, 0.717) is 11.3 Å². The molecule has 2 aromatic carbocycles. The molecule has 2 aromatic rings. The summed E-state index contributed by atoms with van der Waals surface area (Å²) in [6, 6.07) is 10.9. The quantitative estimate of drug-likeness (QED) is 0.702. The van der Waals surface area contributed by atoms with Crippen molar-refractivity contribution in [1.82, 2.24) is 0 Å². The molecule has 0 saturated carbocycles. The van der Waals surface area contributed by atoms with Crippen LogP contribution in [-0.4, -0.2) is 25.5 Å². The molecule has 0 heterocycles. The van der Waals surface area contributed by atoms with Gasteiger partial charge in [-0.3, -0.25) is 4.99 Å². The van der Waals surface area contributed by atoms with Crippen LogP contribution in [0.5, 0.6) is 17.2 Å². The van der Waals surface area contributed by atoms with E-state index in [9.17, 15) is 5.11 Å². The van der Waals surface area contributed by atoms with Crippen LogP contribution in [0.4, 0.5) is 5.69 Å². The summed E-state index contributed by atoms with van der Waals surface area (Å²) in [5, 5.41) is 10.0. The van der Waals surface area contributed by atoms with E-state index in [1.807, 2.05) is 31.2 Å². The number of phenols is 1. The van der Waals surface area contributed by atoms with Crippen LogP contribution in [0.2, 0.25) is 0 Å². The van der Waals surface area contributed by atoms with Crippen LogP contribution in [-0.2, 0) is 20.8 Å². The van der Waals surface area contributed by atoms with E-state index in [4.69, 9.17) is 26.5 Å². The third-order valence-electron chi connectivity index (χ3n) is 2.96. The summed E-state index contributed by atoms with van der Waals surface area (Å²) in [6.45, 7) is 1.82. The summed E-state index contributed by atoms with van der Waals surface area (Å²) in [5.41, 5.74) is 2.16. The summed E-state index contributed by atoms with van der Waals surface area (Å²) in [6.07, 6.45) is 1.62. The van der Waals surface area contributed by atoms with E-state index in [-0.39, 0.29) is 5.75 Å². The zero-order valence-electron chi connectivity index (χ0n) is 13.0. The van der Waals surface area contributed by atoms with E-state index in [1.165, 1.54) is 0 Å². The monoisotopic (exact) mass is 431 g/mol. The molecule has 0 aliphatic carbocycles. The maximum atomic E-state index is 10.0. The minimum absolute atomic E-state index is 0.211. The number of hydrogen-bond acceptors (Lipinski definition) is 4. The summed E-state index contributed by atoms with van der Waals surface area (Å²) in [4.78, 5) is 4.33. The second-order valence-electron chi connectivity index (χ2n) is 4.41. The predicted molar refractivity (Wildman–Crippen MR) is 91.3 cm³/mol. The SMILES string of the molecule is COc1ccc(N=Cc2cc(OC)cc(C)c2O)cc1.[Cl][Zr][Cl]. The standard InChI is InChI=1S/C16H17NO3.2ClH.Zr/c1-11-8-15(20-3)9-12(16(11)18)10-17-13-4-6-14(19-2)7-5-13;;;/h4-10,18H,1-3H3;2*1H;/q;;;+2/p-2. The van der Waals surface area contributed by atoms with Crippen molar-refractivity contribution in [2.45, 2.75) is 6.92 Å². The Morgan fingerprint density at radius 1 is 1.04 bits per heavy atom. The molecule has 0 spiro atoms. The van der Waals surface area contributed by atoms with E-state index < -0.39 is 20.8 Å². The van der Waals surface area contributed by atoms with Gasteiger partial charge in [-0.1, -0.05) is 0 Å². The molecule has 0 atom stereocenters. The fourth-order valence-electron chi connectivity index (χ4n) is 1.80. The average Bonchev–Trinajstić information content (AvgIpc) is 2.57. The first kappa shape index (κ1) is 20.0. The normalized spacial score (nSPS) is 9.96. The second kappa shape index (κ2) is 10.7. The Bertz CT molecular complexity index is 649. The van der Waals surface area contributed by atoms with Crippen LogP contribution in [0.3, 0.4) is 0 Å². The van der Waals surface area contributed by atoms with Crippen LogP contribution in [0.15, 0.2) is 41.4 Å². The number of aliphatic imine (C=N–C) groups is 1. The molecule has 0 aromatic heterocycles. The van der Waals surface area contributed by atoms with E-state index in [2.05, 4.69) is 4.99 Å². The van der Waals surface area contributed by atoms with Gasteiger partial charge < -0.3 is 14.6 Å². The number of phenolic OH excluding ortho intramolecular Hbond substituents is 1. The van der Waals surface area contributed by atoms with Crippen molar-refractivity contribution in [2.75, 3.05) is 14.2 Å². The number of benzene rings is 2. The molecule has 0 aliphatic rings. The van der Waals surface area contributed by atoms with E-state index in [0.717, 1.165) is 17.0 Å². The molecule has 0 amide bonds. The summed E-state index contributed by atoms with van der Waals surface area (Å²) in [7, 11) is 13.1. The van der Waals surface area contributed by atoms with Gasteiger partial charge in [0.15, 0.2) is 0 Å². The molecule has 0 fully saturated rings. The molecule has 0 bridgehead atoms. The fourth-order valence-corrected chi connectivity index (χ4v) is 1.80. The molecular formula is C16H17Cl2NO3Zr. The van der Waals surface area contributed by atoms with Crippen molar-refractivity contribution < 1.29 is 35.4 Å². The van der Waals surface area contributed by atoms with Gasteiger partial charge in [0.2, 0.25) is 0 Å². The second-order valence-corrected chi connectivity index (χ2v) is 8.14. The van der Waals surface area contributed by atoms with Gasteiger partial charge >= 0.3 is 37.9 Å². The molecule has 0 radical (unpaired) electrons. The summed E-state index contributed by atoms with van der Waals surface area (Å²) in [5.74, 6) is 1.68. The topological polar surface area (TPSA) is 51.0 Å². The molecule has 1 N–H and O–H groups in total. The van der Waals surface area contributed by atoms with Crippen molar-refractivity contribution in [3.05, 3.63) is 47.5 Å². The predicted octanol–water partition coefficient (Wildman–Crippen LogP) is 4.84. The van der Waals surface area contributed by atoms with Gasteiger partial charge in [0.25, 0.3) is 0 Å². The molecule has 4 nitrogen and oxygen atoms in total. The van der Waals surface area contributed by atoms with Crippen LogP contribution in [0.1, 0.15) is 11.1 Å². The van der Waals surface area contributed by atoms with Crippen LogP contribution in [0.25, 0.3) is 0 Å². The van der Waals surface area contributed by atoms with Crippen molar-refractivity contribution >= 4 is 28.9 Å². The van der Waals surface area contributed by atoms with Crippen LogP contribution in [0, 0.1) is 6.92 Å². The van der Waals surface area contributed by atoms with Crippen LogP contribution < -0.4 is 9.47 Å². The molecule has 2 rings (SSSR count). The van der Waals surface area contributed by atoms with Crippen LogP contribution >= 0.6 is 17.0 Å². The van der Waals surface area contributed by atoms with Crippen molar-refractivity contribution in [1.29, 1.82) is 0 Å². The van der Waals surface area contributed by atoms with Gasteiger partial charge in [0.1, 0.15) is 17.2 Å². The molecule has 7 heteroatoms. The Morgan fingerprint density at radius 2 is 1.61 bits per heavy atom. The fraction of sp³-hybridized carbons (Fsp3) is 0.188. The van der Waals surface area contributed by atoms with Gasteiger partial charge in [-0.25, -0.2) is 0 Å². The minimum atomic E-state index is -0.826.